The number of nitrogens with two attached hydrogens (primary N) is 1. The summed E-state index contributed by atoms with van der Waals surface area (Å²) in [6.07, 6.45) is 2.53. The van der Waals surface area contributed by atoms with Crippen LogP contribution in [0.1, 0.15) is 31.4 Å². The van der Waals surface area contributed by atoms with Crippen LogP contribution in [-0.2, 0) is 14.8 Å². The summed E-state index contributed by atoms with van der Waals surface area (Å²) >= 11 is 0. The van der Waals surface area contributed by atoms with E-state index in [-0.39, 0.29) is 10.9 Å². The molecule has 3 N–H and O–H groups in total. The van der Waals surface area contributed by atoms with Gasteiger partial charge in [-0.2, -0.15) is 0 Å². The van der Waals surface area contributed by atoms with Crippen molar-refractivity contribution in [1.29, 1.82) is 0 Å². The molecule has 1 heterocycles. The van der Waals surface area contributed by atoms with Crippen molar-refractivity contribution >= 4 is 10.0 Å². The summed E-state index contributed by atoms with van der Waals surface area (Å²) in [5.41, 5.74) is 1.03. The average molecular weight is 284 g/mol. The van der Waals surface area contributed by atoms with E-state index in [0.29, 0.717) is 6.10 Å². The second kappa shape index (κ2) is 6.00. The van der Waals surface area contributed by atoms with E-state index in [4.69, 9.17) is 9.88 Å². The van der Waals surface area contributed by atoms with Gasteiger partial charge in [-0.1, -0.05) is 12.1 Å². The van der Waals surface area contributed by atoms with Crippen molar-refractivity contribution in [2.45, 2.75) is 36.8 Å². The van der Waals surface area contributed by atoms with E-state index in [9.17, 15) is 8.42 Å². The van der Waals surface area contributed by atoms with Gasteiger partial charge in [-0.15, -0.1) is 0 Å². The van der Waals surface area contributed by atoms with Crippen LogP contribution < -0.4 is 10.5 Å². The second-order valence-corrected chi connectivity index (χ2v) is 6.44. The quantitative estimate of drug-likeness (QED) is 0.850. The smallest absolute Gasteiger partial charge is 0.238 e. The van der Waals surface area contributed by atoms with Crippen LogP contribution in [0.4, 0.5) is 0 Å². The van der Waals surface area contributed by atoms with Gasteiger partial charge in [0.1, 0.15) is 0 Å². The standard InChI is InChI=1S/C13H20N2O3S/c1-10(15-9-12-3-2-8-18-12)11-4-6-13(7-5-11)19(14,16)17/h4-7,10,12,15H,2-3,8-9H2,1H3,(H2,14,16,17). The highest BCUT2D eigenvalue weighted by Crippen LogP contribution is 2.17. The van der Waals surface area contributed by atoms with Crippen molar-refractivity contribution in [2.75, 3.05) is 13.2 Å². The summed E-state index contributed by atoms with van der Waals surface area (Å²) in [6, 6.07) is 6.79. The van der Waals surface area contributed by atoms with Gasteiger partial charge in [-0.3, -0.25) is 0 Å². The van der Waals surface area contributed by atoms with Crippen molar-refractivity contribution in [3.8, 4) is 0 Å². The van der Waals surface area contributed by atoms with E-state index in [1.807, 2.05) is 6.92 Å². The minimum atomic E-state index is -3.61. The molecule has 1 fully saturated rings. The van der Waals surface area contributed by atoms with Gasteiger partial charge in [0, 0.05) is 19.2 Å². The number of sulfonamides is 1. The van der Waals surface area contributed by atoms with Crippen LogP contribution in [0.5, 0.6) is 0 Å². The fourth-order valence-electron chi connectivity index (χ4n) is 2.18. The Labute approximate surface area is 114 Å². The summed E-state index contributed by atoms with van der Waals surface area (Å²) in [6.45, 7) is 3.71. The van der Waals surface area contributed by atoms with Gasteiger partial charge in [0.2, 0.25) is 10.0 Å². The Morgan fingerprint density at radius 3 is 2.63 bits per heavy atom. The predicted molar refractivity (Wildman–Crippen MR) is 73.2 cm³/mol. The summed E-state index contributed by atoms with van der Waals surface area (Å²) in [5, 5.41) is 8.46. The number of primary sulfonamides is 1. The third-order valence-corrected chi connectivity index (χ3v) is 4.31. The molecule has 5 nitrogen and oxygen atoms in total. The van der Waals surface area contributed by atoms with Gasteiger partial charge >= 0.3 is 0 Å². The number of ether oxygens (including phenoxy) is 1. The van der Waals surface area contributed by atoms with Crippen LogP contribution in [0.25, 0.3) is 0 Å². The first kappa shape index (κ1) is 14.5. The highest BCUT2D eigenvalue weighted by Gasteiger charge is 2.16. The molecule has 0 saturated carbocycles. The van der Waals surface area contributed by atoms with Crippen LogP contribution in [0.2, 0.25) is 0 Å². The number of hydrogen-bond donors (Lipinski definition) is 2. The molecule has 1 aromatic carbocycles. The summed E-state index contributed by atoms with van der Waals surface area (Å²) < 4.78 is 27.9. The van der Waals surface area contributed by atoms with Gasteiger partial charge in [0.05, 0.1) is 11.0 Å². The Morgan fingerprint density at radius 1 is 1.42 bits per heavy atom. The Bertz CT molecular complexity index is 507. The maximum absolute atomic E-state index is 11.2. The van der Waals surface area contributed by atoms with E-state index in [1.54, 1.807) is 12.1 Å². The molecule has 1 aliphatic heterocycles. The molecule has 0 amide bonds. The largest absolute Gasteiger partial charge is 0.377 e. The fourth-order valence-corrected chi connectivity index (χ4v) is 2.69. The van der Waals surface area contributed by atoms with Crippen molar-refractivity contribution in [1.82, 2.24) is 5.32 Å². The topological polar surface area (TPSA) is 81.4 Å². The molecule has 1 aromatic rings. The molecular weight excluding hydrogens is 264 g/mol. The van der Waals surface area contributed by atoms with Gasteiger partial charge in [0.25, 0.3) is 0 Å². The summed E-state index contributed by atoms with van der Waals surface area (Å²) in [4.78, 5) is 0.141. The van der Waals surface area contributed by atoms with Crippen molar-refractivity contribution in [3.63, 3.8) is 0 Å². The van der Waals surface area contributed by atoms with E-state index >= 15 is 0 Å². The number of nitrogens with one attached hydrogen (secondary N) is 1. The lowest BCUT2D eigenvalue weighted by atomic mass is 10.1. The highest BCUT2D eigenvalue weighted by molar-refractivity contribution is 7.89. The molecular formula is C13H20N2O3S. The Kier molecular flexibility index (Phi) is 4.57. The maximum Gasteiger partial charge on any atom is 0.238 e. The van der Waals surface area contributed by atoms with Crippen LogP contribution in [0.15, 0.2) is 29.2 Å². The molecule has 0 radical (unpaired) electrons. The van der Waals surface area contributed by atoms with Gasteiger partial charge in [-0.25, -0.2) is 13.6 Å². The molecule has 2 unspecified atom stereocenters. The molecule has 2 rings (SSSR count). The van der Waals surface area contributed by atoms with Crippen molar-refractivity contribution in [2.24, 2.45) is 5.14 Å². The van der Waals surface area contributed by atoms with Crippen molar-refractivity contribution in [3.05, 3.63) is 29.8 Å². The average Bonchev–Trinajstić information content (AvgIpc) is 2.88. The van der Waals surface area contributed by atoms with Gasteiger partial charge in [-0.05, 0) is 37.5 Å². The summed E-state index contributed by atoms with van der Waals surface area (Å²) in [7, 11) is -3.61. The molecule has 19 heavy (non-hydrogen) atoms. The van der Waals surface area contributed by atoms with E-state index in [2.05, 4.69) is 5.32 Å². The lowest BCUT2D eigenvalue weighted by molar-refractivity contribution is 0.108. The minimum Gasteiger partial charge on any atom is -0.377 e. The molecule has 6 heteroatoms. The van der Waals surface area contributed by atoms with Gasteiger partial charge in [0.15, 0.2) is 0 Å². The highest BCUT2D eigenvalue weighted by atomic mass is 32.2. The Morgan fingerprint density at radius 2 is 2.11 bits per heavy atom. The lowest BCUT2D eigenvalue weighted by Crippen LogP contribution is -2.28. The molecule has 0 aromatic heterocycles. The van der Waals surface area contributed by atoms with Crippen LogP contribution in [-0.4, -0.2) is 27.7 Å². The normalized spacial score (nSPS) is 21.5. The van der Waals surface area contributed by atoms with E-state index in [1.165, 1.54) is 12.1 Å². The van der Waals surface area contributed by atoms with Crippen LogP contribution in [0.3, 0.4) is 0 Å². The first-order chi connectivity index (χ1) is 8.97. The lowest BCUT2D eigenvalue weighted by Gasteiger charge is -2.17. The molecule has 0 aliphatic carbocycles. The molecule has 1 aliphatic rings. The zero-order chi connectivity index (χ0) is 13.9. The molecule has 1 saturated heterocycles. The number of hydrogen-bond acceptors (Lipinski definition) is 4. The van der Waals surface area contributed by atoms with Crippen LogP contribution >= 0.6 is 0 Å². The predicted octanol–water partition coefficient (Wildman–Crippen LogP) is 1.16. The van der Waals surface area contributed by atoms with Crippen molar-refractivity contribution < 1.29 is 13.2 Å². The first-order valence-electron chi connectivity index (χ1n) is 6.44. The zero-order valence-corrected chi connectivity index (χ0v) is 11.8. The second-order valence-electron chi connectivity index (χ2n) is 4.88. The van der Waals surface area contributed by atoms with E-state index < -0.39 is 10.0 Å². The summed E-state index contributed by atoms with van der Waals surface area (Å²) in [5.74, 6) is 0. The number of benzene rings is 1. The molecule has 0 bridgehead atoms. The Hall–Kier alpha value is -0.950. The van der Waals surface area contributed by atoms with E-state index in [0.717, 1.165) is 31.6 Å². The fraction of sp³-hybridized carbons (Fsp3) is 0.538. The van der Waals surface area contributed by atoms with Crippen LogP contribution in [0, 0.1) is 0 Å². The molecule has 106 valence electrons. The minimum absolute atomic E-state index is 0.141. The maximum atomic E-state index is 11.2. The third-order valence-electron chi connectivity index (χ3n) is 3.38. The first-order valence-corrected chi connectivity index (χ1v) is 7.99. The zero-order valence-electron chi connectivity index (χ0n) is 11.0. The monoisotopic (exact) mass is 284 g/mol. The SMILES string of the molecule is CC(NCC1CCCO1)c1ccc(S(N)(=O)=O)cc1. The molecule has 0 spiro atoms. The molecule has 2 atom stereocenters. The van der Waals surface area contributed by atoms with Gasteiger partial charge < -0.3 is 10.1 Å². The third kappa shape index (κ3) is 4.01. The Balaban J connectivity index is 1.93. The number of rotatable bonds is 5.